The Kier molecular flexibility index (Phi) is 5.10. The van der Waals surface area contributed by atoms with E-state index in [-0.39, 0.29) is 11.7 Å². The van der Waals surface area contributed by atoms with Crippen LogP contribution < -0.4 is 0 Å². The lowest BCUT2D eigenvalue weighted by Gasteiger charge is -2.16. The van der Waals surface area contributed by atoms with E-state index in [1.54, 1.807) is 12.1 Å². The number of hydrogen-bond donors (Lipinski definition) is 0. The third kappa shape index (κ3) is 4.40. The van der Waals surface area contributed by atoms with Gasteiger partial charge >= 0.3 is 0 Å². The molecule has 0 N–H and O–H groups in total. The van der Waals surface area contributed by atoms with Gasteiger partial charge in [-0.2, -0.15) is 0 Å². The van der Waals surface area contributed by atoms with E-state index in [0.717, 1.165) is 5.56 Å². The molecule has 18 heavy (non-hydrogen) atoms. The topological polar surface area (TPSA) is 95.1 Å². The van der Waals surface area contributed by atoms with Gasteiger partial charge in [0, 0.05) is 23.6 Å². The number of nitrogens with zero attached hydrogens (tertiary/aromatic N) is 5. The van der Waals surface area contributed by atoms with Crippen molar-refractivity contribution in [1.29, 1.82) is 0 Å². The summed E-state index contributed by atoms with van der Waals surface area (Å²) >= 11 is 0. The first kappa shape index (κ1) is 14.0. The van der Waals surface area contributed by atoms with Gasteiger partial charge in [-0.25, -0.2) is 0 Å². The number of nitro benzene ring substituents is 1. The third-order valence-electron chi connectivity index (χ3n) is 2.41. The summed E-state index contributed by atoms with van der Waals surface area (Å²) < 4.78 is 0. The molecule has 0 saturated heterocycles. The van der Waals surface area contributed by atoms with Gasteiger partial charge in [-0.05, 0) is 31.6 Å². The zero-order valence-electron chi connectivity index (χ0n) is 10.4. The average molecular weight is 249 g/mol. The lowest BCUT2D eigenvalue weighted by Crippen LogP contribution is -2.25. The monoisotopic (exact) mass is 249 g/mol. The fraction of sp³-hybridized carbons (Fsp3) is 0.455. The van der Waals surface area contributed by atoms with Gasteiger partial charge in [-0.15, -0.1) is 0 Å². The second-order valence-electron chi connectivity index (χ2n) is 4.25. The van der Waals surface area contributed by atoms with Crippen molar-refractivity contribution in [1.82, 2.24) is 4.90 Å². The third-order valence-corrected chi connectivity index (χ3v) is 2.41. The van der Waals surface area contributed by atoms with Gasteiger partial charge in [0.15, 0.2) is 0 Å². The van der Waals surface area contributed by atoms with Crippen LogP contribution in [-0.2, 0) is 6.42 Å². The lowest BCUT2D eigenvalue weighted by atomic mass is 10.1. The average Bonchev–Trinajstić information content (AvgIpc) is 2.29. The molecular weight excluding hydrogens is 234 g/mol. The van der Waals surface area contributed by atoms with Gasteiger partial charge < -0.3 is 4.90 Å². The Morgan fingerprint density at radius 1 is 1.44 bits per heavy atom. The molecule has 0 fully saturated rings. The van der Waals surface area contributed by atoms with Gasteiger partial charge in [0.25, 0.3) is 5.69 Å². The summed E-state index contributed by atoms with van der Waals surface area (Å²) in [4.78, 5) is 14.8. The normalized spacial score (nSPS) is 11.9. The van der Waals surface area contributed by atoms with Crippen molar-refractivity contribution in [2.75, 3.05) is 20.6 Å². The van der Waals surface area contributed by atoms with Crippen molar-refractivity contribution >= 4 is 5.69 Å². The minimum absolute atomic E-state index is 0.0618. The number of likely N-dealkylation sites (N-methyl/N-ethyl adjacent to an activating group) is 1. The minimum atomic E-state index is -0.436. The SMILES string of the molecule is CN(C)CC(Cc1ccc([N+](=O)[O-])cc1)N=[N+]=[N-]. The number of rotatable bonds is 6. The molecule has 1 rings (SSSR count). The van der Waals surface area contributed by atoms with Crippen LogP contribution in [0.15, 0.2) is 29.4 Å². The maximum atomic E-state index is 10.5. The number of non-ortho nitro benzene ring substituents is 1. The lowest BCUT2D eigenvalue weighted by molar-refractivity contribution is -0.384. The van der Waals surface area contributed by atoms with Crippen molar-refractivity contribution in [3.63, 3.8) is 0 Å². The van der Waals surface area contributed by atoms with E-state index in [1.807, 2.05) is 19.0 Å². The summed E-state index contributed by atoms with van der Waals surface area (Å²) in [5.41, 5.74) is 9.47. The molecule has 0 spiro atoms. The standard InChI is InChI=1S/C11H15N5O2/c1-15(2)8-10(13-14-12)7-9-3-5-11(6-4-9)16(17)18/h3-6,10H,7-8H2,1-2H3. The molecule has 0 aliphatic carbocycles. The molecule has 96 valence electrons. The van der Waals surface area contributed by atoms with Gasteiger partial charge in [-0.3, -0.25) is 10.1 Å². The highest BCUT2D eigenvalue weighted by Crippen LogP contribution is 2.14. The Morgan fingerprint density at radius 3 is 2.50 bits per heavy atom. The number of benzene rings is 1. The smallest absolute Gasteiger partial charge is 0.269 e. The van der Waals surface area contributed by atoms with Crippen LogP contribution in [-0.4, -0.2) is 36.5 Å². The highest BCUT2D eigenvalue weighted by atomic mass is 16.6. The molecule has 1 unspecified atom stereocenters. The molecule has 1 aromatic carbocycles. The van der Waals surface area contributed by atoms with E-state index < -0.39 is 4.92 Å². The summed E-state index contributed by atoms with van der Waals surface area (Å²) in [5.74, 6) is 0. The van der Waals surface area contributed by atoms with Crippen molar-refractivity contribution in [3.8, 4) is 0 Å². The van der Waals surface area contributed by atoms with Crippen molar-refractivity contribution in [2.45, 2.75) is 12.5 Å². The summed E-state index contributed by atoms with van der Waals surface area (Å²) in [7, 11) is 3.80. The van der Waals surface area contributed by atoms with E-state index in [9.17, 15) is 10.1 Å². The number of azide groups is 1. The van der Waals surface area contributed by atoms with Crippen LogP contribution >= 0.6 is 0 Å². The van der Waals surface area contributed by atoms with Gasteiger partial charge in [0.2, 0.25) is 0 Å². The molecule has 0 amide bonds. The molecule has 0 radical (unpaired) electrons. The number of hydrogen-bond acceptors (Lipinski definition) is 4. The molecule has 0 bridgehead atoms. The predicted octanol–water partition coefficient (Wildman–Crippen LogP) is 2.38. The second kappa shape index (κ2) is 6.58. The quantitative estimate of drug-likeness (QED) is 0.254. The van der Waals surface area contributed by atoms with Crippen LogP contribution in [0.2, 0.25) is 0 Å². The van der Waals surface area contributed by atoms with Gasteiger partial charge in [0.1, 0.15) is 0 Å². The molecule has 1 atom stereocenters. The molecule has 0 saturated carbocycles. The highest BCUT2D eigenvalue weighted by molar-refractivity contribution is 5.33. The second-order valence-corrected chi connectivity index (χ2v) is 4.25. The maximum absolute atomic E-state index is 10.5. The summed E-state index contributed by atoms with van der Waals surface area (Å²) in [5, 5.41) is 14.2. The highest BCUT2D eigenvalue weighted by Gasteiger charge is 2.10. The van der Waals surface area contributed by atoms with Crippen LogP contribution in [0.3, 0.4) is 0 Å². The Balaban J connectivity index is 2.74. The fourth-order valence-corrected chi connectivity index (χ4v) is 1.66. The van der Waals surface area contributed by atoms with E-state index in [0.29, 0.717) is 13.0 Å². The zero-order chi connectivity index (χ0) is 13.5. The van der Waals surface area contributed by atoms with Gasteiger partial charge in [-0.1, -0.05) is 17.2 Å². The Bertz CT molecular complexity index is 451. The molecule has 7 nitrogen and oxygen atoms in total. The van der Waals surface area contributed by atoms with Crippen LogP contribution in [0.25, 0.3) is 10.4 Å². The van der Waals surface area contributed by atoms with E-state index in [1.165, 1.54) is 12.1 Å². The Hall–Kier alpha value is -2.11. The first-order valence-electron chi connectivity index (χ1n) is 5.45. The van der Waals surface area contributed by atoms with E-state index >= 15 is 0 Å². The number of nitro groups is 1. The Morgan fingerprint density at radius 2 is 2.06 bits per heavy atom. The van der Waals surface area contributed by atoms with Crippen LogP contribution in [0, 0.1) is 10.1 Å². The summed E-state index contributed by atoms with van der Waals surface area (Å²) in [6.07, 6.45) is 0.570. The molecule has 7 heteroatoms. The van der Waals surface area contributed by atoms with Crippen molar-refractivity contribution in [2.24, 2.45) is 5.11 Å². The molecule has 0 aliphatic heterocycles. The van der Waals surface area contributed by atoms with Gasteiger partial charge in [0.05, 0.1) is 11.0 Å². The molecular formula is C11H15N5O2. The minimum Gasteiger partial charge on any atom is -0.309 e. The fourth-order valence-electron chi connectivity index (χ4n) is 1.66. The van der Waals surface area contributed by atoms with Crippen molar-refractivity contribution in [3.05, 3.63) is 50.4 Å². The maximum Gasteiger partial charge on any atom is 0.269 e. The van der Waals surface area contributed by atoms with Crippen LogP contribution in [0.1, 0.15) is 5.56 Å². The predicted molar refractivity (Wildman–Crippen MR) is 68.3 cm³/mol. The van der Waals surface area contributed by atoms with Crippen molar-refractivity contribution < 1.29 is 4.92 Å². The molecule has 0 aliphatic rings. The van der Waals surface area contributed by atoms with E-state index in [2.05, 4.69) is 10.0 Å². The Labute approximate surface area is 105 Å². The zero-order valence-corrected chi connectivity index (χ0v) is 10.4. The molecule has 0 heterocycles. The first-order chi connectivity index (χ1) is 8.52. The first-order valence-corrected chi connectivity index (χ1v) is 5.45. The van der Waals surface area contributed by atoms with E-state index in [4.69, 9.17) is 5.53 Å². The van der Waals surface area contributed by atoms with Crippen LogP contribution in [0.5, 0.6) is 0 Å². The summed E-state index contributed by atoms with van der Waals surface area (Å²) in [6, 6.07) is 6.11. The molecule has 1 aromatic rings. The summed E-state index contributed by atoms with van der Waals surface area (Å²) in [6.45, 7) is 0.640. The largest absolute Gasteiger partial charge is 0.309 e. The van der Waals surface area contributed by atoms with Crippen LogP contribution in [0.4, 0.5) is 5.69 Å². The molecule has 0 aromatic heterocycles.